The largest absolute Gasteiger partial charge is 0.495 e. The van der Waals surface area contributed by atoms with E-state index in [0.29, 0.717) is 0 Å². The minimum atomic E-state index is -0.787. The van der Waals surface area contributed by atoms with Crippen LogP contribution < -0.4 is 4.74 Å². The lowest BCUT2D eigenvalue weighted by atomic mass is 9.81. The second-order valence-corrected chi connectivity index (χ2v) is 5.46. The van der Waals surface area contributed by atoms with Gasteiger partial charge in [0.2, 0.25) is 0 Å². The summed E-state index contributed by atoms with van der Waals surface area (Å²) < 4.78 is 7.37. The molecule has 1 aromatic carbocycles. The van der Waals surface area contributed by atoms with Gasteiger partial charge in [-0.15, -0.1) is 0 Å². The van der Waals surface area contributed by atoms with Crippen molar-refractivity contribution in [3.8, 4) is 5.75 Å². The van der Waals surface area contributed by atoms with E-state index in [1.165, 1.54) is 0 Å². The van der Waals surface area contributed by atoms with E-state index >= 15 is 0 Å². The van der Waals surface area contributed by atoms with Crippen LogP contribution in [0.15, 0.2) is 24.4 Å². The van der Waals surface area contributed by atoms with E-state index in [-0.39, 0.29) is 6.42 Å². The van der Waals surface area contributed by atoms with E-state index in [4.69, 9.17) is 9.84 Å². The zero-order chi connectivity index (χ0) is 14.2. The molecule has 102 valence electrons. The summed E-state index contributed by atoms with van der Waals surface area (Å²) in [5.41, 5.74) is 1.61. The molecule has 0 unspecified atom stereocenters. The molecule has 0 atom stereocenters. The highest BCUT2D eigenvalue weighted by molar-refractivity contribution is 5.90. The minimum absolute atomic E-state index is 0.101. The van der Waals surface area contributed by atoms with E-state index in [2.05, 4.69) is 0 Å². The van der Waals surface area contributed by atoms with Crippen LogP contribution in [0.1, 0.15) is 25.8 Å². The van der Waals surface area contributed by atoms with Gasteiger partial charge in [-0.25, -0.2) is 0 Å². The lowest BCUT2D eigenvalue weighted by Gasteiger charge is -2.22. The molecule has 4 nitrogen and oxygen atoms in total. The Morgan fingerprint density at radius 2 is 2.11 bits per heavy atom. The number of nitrogens with zero attached hydrogens (tertiary/aromatic N) is 1. The third-order valence-corrected chi connectivity index (χ3v) is 3.51. The second kappa shape index (κ2) is 4.61. The van der Waals surface area contributed by atoms with Crippen molar-refractivity contribution in [1.82, 2.24) is 4.57 Å². The first-order valence-corrected chi connectivity index (χ1v) is 6.21. The first-order valence-electron chi connectivity index (χ1n) is 6.21. The number of ether oxygens (including phenoxy) is 1. The van der Waals surface area contributed by atoms with Crippen LogP contribution in [-0.2, 0) is 17.3 Å². The molecule has 0 fully saturated rings. The molecule has 1 aromatic heterocycles. The van der Waals surface area contributed by atoms with E-state index < -0.39 is 11.4 Å². The summed E-state index contributed by atoms with van der Waals surface area (Å²) in [5, 5.41) is 10.1. The molecule has 0 aliphatic rings. The van der Waals surface area contributed by atoms with Crippen molar-refractivity contribution in [2.24, 2.45) is 7.05 Å². The van der Waals surface area contributed by atoms with Crippen LogP contribution in [0.2, 0.25) is 0 Å². The molecule has 0 aliphatic heterocycles. The zero-order valence-electron chi connectivity index (χ0n) is 11.7. The molecule has 0 spiro atoms. The number of fused-ring (bicyclic) bond motifs is 1. The molecule has 1 heterocycles. The van der Waals surface area contributed by atoms with Gasteiger partial charge in [-0.05, 0) is 11.6 Å². The van der Waals surface area contributed by atoms with Crippen LogP contribution in [0.4, 0.5) is 0 Å². The Labute approximate surface area is 112 Å². The van der Waals surface area contributed by atoms with Gasteiger partial charge in [0.05, 0.1) is 19.0 Å². The summed E-state index contributed by atoms with van der Waals surface area (Å²) in [6.07, 6.45) is 2.10. The first kappa shape index (κ1) is 13.5. The third-order valence-electron chi connectivity index (χ3n) is 3.51. The number of hydrogen-bond acceptors (Lipinski definition) is 2. The predicted molar refractivity (Wildman–Crippen MR) is 74.7 cm³/mol. The fourth-order valence-electron chi connectivity index (χ4n) is 2.61. The Bertz CT molecular complexity index is 626. The van der Waals surface area contributed by atoms with Gasteiger partial charge < -0.3 is 14.4 Å². The van der Waals surface area contributed by atoms with E-state index in [9.17, 15) is 4.79 Å². The quantitative estimate of drug-likeness (QED) is 0.920. The number of aryl methyl sites for hydroxylation is 1. The molecule has 0 saturated carbocycles. The Morgan fingerprint density at radius 3 is 2.68 bits per heavy atom. The van der Waals surface area contributed by atoms with Crippen molar-refractivity contribution in [3.63, 3.8) is 0 Å². The van der Waals surface area contributed by atoms with Gasteiger partial charge in [-0.3, -0.25) is 4.79 Å². The predicted octanol–water partition coefficient (Wildman–Crippen LogP) is 2.94. The maximum atomic E-state index is 11.0. The maximum Gasteiger partial charge on any atom is 0.304 e. The molecule has 0 amide bonds. The average molecular weight is 261 g/mol. The summed E-state index contributed by atoms with van der Waals surface area (Å²) in [5.74, 6) is 0.0160. The molecule has 0 aliphatic carbocycles. The number of aliphatic carboxylic acids is 1. The van der Waals surface area contributed by atoms with Gasteiger partial charge in [0, 0.05) is 24.0 Å². The van der Waals surface area contributed by atoms with Crippen LogP contribution >= 0.6 is 0 Å². The third kappa shape index (κ3) is 2.30. The highest BCUT2D eigenvalue weighted by Crippen LogP contribution is 2.37. The number of carbonyl (C=O) groups is 1. The Kier molecular flexibility index (Phi) is 3.27. The van der Waals surface area contributed by atoms with Crippen LogP contribution in [0.5, 0.6) is 5.75 Å². The van der Waals surface area contributed by atoms with E-state index in [1.807, 2.05) is 49.9 Å². The molecular formula is C15H19NO3. The van der Waals surface area contributed by atoms with Gasteiger partial charge >= 0.3 is 5.97 Å². The van der Waals surface area contributed by atoms with Crippen molar-refractivity contribution in [2.75, 3.05) is 7.11 Å². The van der Waals surface area contributed by atoms with Crippen molar-refractivity contribution in [2.45, 2.75) is 25.7 Å². The minimum Gasteiger partial charge on any atom is -0.495 e. The Balaban J connectivity index is 2.66. The second-order valence-electron chi connectivity index (χ2n) is 5.46. The van der Waals surface area contributed by atoms with Crippen LogP contribution in [0.3, 0.4) is 0 Å². The number of benzene rings is 1. The maximum absolute atomic E-state index is 11.0. The molecule has 2 rings (SSSR count). The monoisotopic (exact) mass is 261 g/mol. The summed E-state index contributed by atoms with van der Waals surface area (Å²) in [6, 6.07) is 5.86. The number of methoxy groups -OCH3 is 1. The van der Waals surface area contributed by atoms with Crippen molar-refractivity contribution >= 4 is 16.9 Å². The first-order chi connectivity index (χ1) is 8.86. The standard InChI is InChI=1S/C15H19NO3/c1-15(2,8-13(17)18)11-9-16(3)14-10(11)6-5-7-12(14)19-4/h5-7,9H,8H2,1-4H3,(H,17,18). The summed E-state index contributed by atoms with van der Waals surface area (Å²) >= 11 is 0. The van der Waals surface area contributed by atoms with Crippen LogP contribution in [0, 0.1) is 0 Å². The Hall–Kier alpha value is -1.97. The van der Waals surface area contributed by atoms with Crippen LogP contribution in [-0.4, -0.2) is 22.8 Å². The number of hydrogen-bond donors (Lipinski definition) is 1. The molecule has 4 heteroatoms. The lowest BCUT2D eigenvalue weighted by Crippen LogP contribution is -2.21. The zero-order valence-corrected chi connectivity index (χ0v) is 11.7. The number of rotatable bonds is 4. The smallest absolute Gasteiger partial charge is 0.304 e. The van der Waals surface area contributed by atoms with Crippen molar-refractivity contribution < 1.29 is 14.6 Å². The number of para-hydroxylation sites is 1. The number of carboxylic acid groups (broad SMARTS) is 1. The van der Waals surface area contributed by atoms with Gasteiger partial charge in [0.15, 0.2) is 0 Å². The van der Waals surface area contributed by atoms with Crippen LogP contribution in [0.25, 0.3) is 10.9 Å². The highest BCUT2D eigenvalue weighted by atomic mass is 16.5. The lowest BCUT2D eigenvalue weighted by molar-refractivity contribution is -0.138. The summed E-state index contributed by atoms with van der Waals surface area (Å²) in [6.45, 7) is 3.91. The fourth-order valence-corrected chi connectivity index (χ4v) is 2.61. The molecule has 2 aromatic rings. The molecule has 0 bridgehead atoms. The van der Waals surface area contributed by atoms with Crippen molar-refractivity contribution in [3.05, 3.63) is 30.0 Å². The fraction of sp³-hybridized carbons (Fsp3) is 0.400. The van der Waals surface area contributed by atoms with E-state index in [1.54, 1.807) is 7.11 Å². The number of carboxylic acids is 1. The van der Waals surface area contributed by atoms with Gasteiger partial charge in [0.1, 0.15) is 5.75 Å². The summed E-state index contributed by atoms with van der Waals surface area (Å²) in [7, 11) is 3.59. The van der Waals surface area contributed by atoms with Crippen molar-refractivity contribution in [1.29, 1.82) is 0 Å². The van der Waals surface area contributed by atoms with Gasteiger partial charge in [-0.1, -0.05) is 26.0 Å². The molecule has 0 saturated heterocycles. The van der Waals surface area contributed by atoms with Gasteiger partial charge in [0.25, 0.3) is 0 Å². The SMILES string of the molecule is COc1cccc2c(C(C)(C)CC(=O)O)cn(C)c12. The molecule has 0 radical (unpaired) electrons. The van der Waals surface area contributed by atoms with E-state index in [0.717, 1.165) is 22.2 Å². The molecular weight excluding hydrogens is 242 g/mol. The highest BCUT2D eigenvalue weighted by Gasteiger charge is 2.28. The summed E-state index contributed by atoms with van der Waals surface area (Å²) in [4.78, 5) is 11.0. The topological polar surface area (TPSA) is 51.5 Å². The normalized spacial score (nSPS) is 11.8. The van der Waals surface area contributed by atoms with Gasteiger partial charge in [-0.2, -0.15) is 0 Å². The molecule has 19 heavy (non-hydrogen) atoms. The molecule has 1 N–H and O–H groups in total. The Morgan fingerprint density at radius 1 is 1.42 bits per heavy atom. The number of aromatic nitrogens is 1. The average Bonchev–Trinajstić information content (AvgIpc) is 2.66.